The van der Waals surface area contributed by atoms with Gasteiger partial charge >= 0.3 is 0 Å². The van der Waals surface area contributed by atoms with E-state index in [1.165, 1.54) is 0 Å². The van der Waals surface area contributed by atoms with Gasteiger partial charge < -0.3 is 6.15 Å². The van der Waals surface area contributed by atoms with Crippen LogP contribution in [0.25, 0.3) is 0 Å². The van der Waals surface area contributed by atoms with E-state index in [-0.39, 0.29) is 6.15 Å². The molecule has 0 aromatic carbocycles. The maximum Gasteiger partial charge on any atom is 0.0441 e. The van der Waals surface area contributed by atoms with Crippen molar-refractivity contribution in [3.63, 3.8) is 0 Å². The van der Waals surface area contributed by atoms with E-state index in [0.717, 1.165) is 12.1 Å². The molecule has 1 rings (SSSR count). The van der Waals surface area contributed by atoms with Crippen LogP contribution in [0.2, 0.25) is 0 Å². The molecule has 0 unspecified atom stereocenters. The molecule has 1 aromatic rings. The highest BCUT2D eigenvalue weighted by atomic mass is 14.7. The molecule has 0 aliphatic heterocycles. The maximum absolute atomic E-state index is 4.10. The van der Waals surface area contributed by atoms with Crippen molar-refractivity contribution in [2.24, 2.45) is 0 Å². The summed E-state index contributed by atoms with van der Waals surface area (Å²) in [7, 11) is 0. The van der Waals surface area contributed by atoms with Crippen LogP contribution in [-0.4, -0.2) is 4.98 Å². The van der Waals surface area contributed by atoms with E-state index in [9.17, 15) is 0 Å². The van der Waals surface area contributed by atoms with E-state index < -0.39 is 0 Å². The summed E-state index contributed by atoms with van der Waals surface area (Å²) in [5.41, 5.74) is 1.08. The van der Waals surface area contributed by atoms with Crippen LogP contribution < -0.4 is 6.15 Å². The predicted molar refractivity (Wildman–Crippen MR) is 43.2 cm³/mol. The summed E-state index contributed by atoms with van der Waals surface area (Å²) in [6, 6.07) is 5.88. The second-order valence-corrected chi connectivity index (χ2v) is 1.81. The molecule has 0 fully saturated rings. The molecule has 0 radical (unpaired) electrons. The first-order valence-electron chi connectivity index (χ1n) is 2.94. The topological polar surface area (TPSA) is 47.9 Å². The molecule has 2 nitrogen and oxygen atoms in total. The number of rotatable bonds is 2. The van der Waals surface area contributed by atoms with E-state index in [0.29, 0.717) is 0 Å². The second-order valence-electron chi connectivity index (χ2n) is 1.81. The minimum Gasteiger partial charge on any atom is -0.344 e. The summed E-state index contributed by atoms with van der Waals surface area (Å²) in [5, 5.41) is 0. The van der Waals surface area contributed by atoms with Crippen LogP contribution in [0.15, 0.2) is 37.1 Å². The molecule has 0 aliphatic carbocycles. The maximum atomic E-state index is 4.10. The Bertz CT molecular complexity index is 182. The third kappa shape index (κ3) is 2.42. The highest BCUT2D eigenvalue weighted by Gasteiger charge is 1.83. The lowest BCUT2D eigenvalue weighted by molar-refractivity contribution is 1.11. The number of nitrogens with zero attached hydrogens (tertiary/aromatic N) is 1. The number of aromatic nitrogens is 1. The molecule has 0 aliphatic rings. The van der Waals surface area contributed by atoms with Crippen molar-refractivity contribution >= 4 is 0 Å². The molecule has 54 valence electrons. The van der Waals surface area contributed by atoms with E-state index in [1.807, 2.05) is 24.3 Å². The van der Waals surface area contributed by atoms with Gasteiger partial charge in [0.2, 0.25) is 0 Å². The molecule has 2 heteroatoms. The van der Waals surface area contributed by atoms with Gasteiger partial charge in [0.05, 0.1) is 0 Å². The molecule has 1 aromatic heterocycles. The van der Waals surface area contributed by atoms with Gasteiger partial charge in [-0.3, -0.25) is 4.98 Å². The quantitative estimate of drug-likeness (QED) is 0.632. The Morgan fingerprint density at radius 2 is 2.30 bits per heavy atom. The fraction of sp³-hybridized carbons (Fsp3) is 0.125. The van der Waals surface area contributed by atoms with Gasteiger partial charge in [-0.1, -0.05) is 12.1 Å². The molecule has 0 saturated heterocycles. The van der Waals surface area contributed by atoms with Crippen LogP contribution in [0.5, 0.6) is 0 Å². The summed E-state index contributed by atoms with van der Waals surface area (Å²) in [6.45, 7) is 3.62. The van der Waals surface area contributed by atoms with Crippen LogP contribution in [0.1, 0.15) is 5.69 Å². The summed E-state index contributed by atoms with van der Waals surface area (Å²) in [5.74, 6) is 0. The van der Waals surface area contributed by atoms with Gasteiger partial charge in [0.25, 0.3) is 0 Å². The molecule has 0 bridgehead atoms. The minimum atomic E-state index is 0. The predicted octanol–water partition coefficient (Wildman–Crippen LogP) is 1.97. The Hall–Kier alpha value is -1.15. The van der Waals surface area contributed by atoms with Gasteiger partial charge in [0.15, 0.2) is 0 Å². The third-order valence-corrected chi connectivity index (χ3v) is 1.08. The zero-order valence-corrected chi connectivity index (χ0v) is 5.96. The SMILES string of the molecule is C=CCc1ccccn1.N. The van der Waals surface area contributed by atoms with Crippen LogP contribution in [0, 0.1) is 0 Å². The van der Waals surface area contributed by atoms with Crippen molar-refractivity contribution in [1.29, 1.82) is 0 Å². The molecule has 10 heavy (non-hydrogen) atoms. The summed E-state index contributed by atoms with van der Waals surface area (Å²) in [6.07, 6.45) is 4.50. The van der Waals surface area contributed by atoms with Crippen molar-refractivity contribution < 1.29 is 0 Å². The van der Waals surface area contributed by atoms with E-state index in [1.54, 1.807) is 6.20 Å². The molecule has 0 saturated carbocycles. The molecule has 3 N–H and O–H groups in total. The number of hydrogen-bond acceptors (Lipinski definition) is 2. The van der Waals surface area contributed by atoms with Crippen molar-refractivity contribution in [1.82, 2.24) is 11.1 Å². The van der Waals surface area contributed by atoms with Gasteiger partial charge in [-0.15, -0.1) is 6.58 Å². The Morgan fingerprint density at radius 1 is 1.50 bits per heavy atom. The Kier molecular flexibility index (Phi) is 4.16. The average Bonchev–Trinajstić information content (AvgIpc) is 1.91. The van der Waals surface area contributed by atoms with E-state index in [2.05, 4.69) is 11.6 Å². The van der Waals surface area contributed by atoms with Crippen molar-refractivity contribution in [2.75, 3.05) is 0 Å². The first kappa shape index (κ1) is 8.85. The van der Waals surface area contributed by atoms with Crippen molar-refractivity contribution in [3.8, 4) is 0 Å². The average molecular weight is 136 g/mol. The molecule has 0 spiro atoms. The van der Waals surface area contributed by atoms with Crippen LogP contribution in [0.3, 0.4) is 0 Å². The fourth-order valence-electron chi connectivity index (χ4n) is 0.667. The minimum absolute atomic E-state index is 0. The highest BCUT2D eigenvalue weighted by Crippen LogP contribution is 1.93. The zero-order chi connectivity index (χ0) is 6.53. The van der Waals surface area contributed by atoms with Crippen molar-refractivity contribution in [2.45, 2.75) is 6.42 Å². The van der Waals surface area contributed by atoms with Crippen LogP contribution in [-0.2, 0) is 6.42 Å². The second kappa shape index (κ2) is 4.70. The highest BCUT2D eigenvalue weighted by molar-refractivity contribution is 5.06. The number of allylic oxidation sites excluding steroid dienone is 1. The normalized spacial score (nSPS) is 8.00. The standard InChI is InChI=1S/C8H9N.H3N/c1-2-5-8-6-3-4-7-9-8;/h2-4,6-7H,1,5H2;1H3. The Labute approximate surface area is 61.2 Å². The summed E-state index contributed by atoms with van der Waals surface area (Å²) in [4.78, 5) is 4.10. The van der Waals surface area contributed by atoms with Crippen LogP contribution in [0.4, 0.5) is 0 Å². The lowest BCUT2D eigenvalue weighted by atomic mass is 10.3. The van der Waals surface area contributed by atoms with Crippen LogP contribution >= 0.6 is 0 Å². The molecule has 1 heterocycles. The van der Waals surface area contributed by atoms with Crippen molar-refractivity contribution in [3.05, 3.63) is 42.7 Å². The van der Waals surface area contributed by atoms with Gasteiger partial charge in [0, 0.05) is 18.3 Å². The monoisotopic (exact) mass is 136 g/mol. The molecule has 0 amide bonds. The molecular formula is C8H12N2. The number of pyridine rings is 1. The lowest BCUT2D eigenvalue weighted by Crippen LogP contribution is -1.82. The summed E-state index contributed by atoms with van der Waals surface area (Å²) >= 11 is 0. The first-order chi connectivity index (χ1) is 4.43. The third-order valence-electron chi connectivity index (χ3n) is 1.08. The Balaban J connectivity index is 0.000000810. The van der Waals surface area contributed by atoms with E-state index in [4.69, 9.17) is 0 Å². The smallest absolute Gasteiger partial charge is 0.0441 e. The summed E-state index contributed by atoms with van der Waals surface area (Å²) < 4.78 is 0. The molecule has 0 atom stereocenters. The first-order valence-corrected chi connectivity index (χ1v) is 2.94. The van der Waals surface area contributed by atoms with Gasteiger partial charge in [-0.25, -0.2) is 0 Å². The Morgan fingerprint density at radius 3 is 2.80 bits per heavy atom. The molecular weight excluding hydrogens is 124 g/mol. The van der Waals surface area contributed by atoms with Gasteiger partial charge in [0.1, 0.15) is 0 Å². The van der Waals surface area contributed by atoms with E-state index >= 15 is 0 Å². The largest absolute Gasteiger partial charge is 0.344 e. The number of hydrogen-bond donors (Lipinski definition) is 1. The zero-order valence-electron chi connectivity index (χ0n) is 5.96. The van der Waals surface area contributed by atoms with Gasteiger partial charge in [-0.2, -0.15) is 0 Å². The van der Waals surface area contributed by atoms with Gasteiger partial charge in [-0.05, 0) is 12.1 Å². The fourth-order valence-corrected chi connectivity index (χ4v) is 0.667. The lowest BCUT2D eigenvalue weighted by Gasteiger charge is -1.90.